The lowest BCUT2D eigenvalue weighted by Gasteiger charge is -2.16. The summed E-state index contributed by atoms with van der Waals surface area (Å²) in [5.41, 5.74) is 6.26. The Hall–Kier alpha value is -1.36. The Kier molecular flexibility index (Phi) is 4.81. The molecule has 0 aromatic carbocycles. The van der Waals surface area contributed by atoms with Crippen LogP contribution in [0.5, 0.6) is 0 Å². The van der Waals surface area contributed by atoms with Gasteiger partial charge in [0, 0.05) is 11.3 Å². The number of rotatable bonds is 3. The summed E-state index contributed by atoms with van der Waals surface area (Å²) in [6.45, 7) is 6.18. The van der Waals surface area contributed by atoms with E-state index in [0.717, 1.165) is 12.8 Å². The number of hydrogen-bond donors (Lipinski definition) is 2. The van der Waals surface area contributed by atoms with Crippen LogP contribution >= 0.6 is 11.3 Å². The fourth-order valence-electron chi connectivity index (χ4n) is 2.43. The Labute approximate surface area is 123 Å². The van der Waals surface area contributed by atoms with E-state index in [1.54, 1.807) is 11.3 Å². The van der Waals surface area contributed by atoms with Crippen LogP contribution in [0.15, 0.2) is 6.07 Å². The number of aryl methyl sites for hydroxylation is 1. The SMILES string of the molecule is CC(C)CC(=O)NNC(=O)c1cc2c(s1)CC[C@@H](C)C2. The van der Waals surface area contributed by atoms with Gasteiger partial charge in [0.2, 0.25) is 5.91 Å². The maximum Gasteiger partial charge on any atom is 0.279 e. The van der Waals surface area contributed by atoms with Crippen molar-refractivity contribution in [3.63, 3.8) is 0 Å². The fraction of sp³-hybridized carbons (Fsp3) is 0.600. The molecule has 0 fully saturated rings. The third-order valence-corrected chi connectivity index (χ3v) is 4.70. The van der Waals surface area contributed by atoms with Crippen LogP contribution in [-0.4, -0.2) is 11.8 Å². The third kappa shape index (κ3) is 3.82. The molecular weight excluding hydrogens is 272 g/mol. The number of hydrogen-bond acceptors (Lipinski definition) is 3. The molecule has 0 aliphatic heterocycles. The summed E-state index contributed by atoms with van der Waals surface area (Å²) >= 11 is 1.55. The van der Waals surface area contributed by atoms with Crippen LogP contribution in [-0.2, 0) is 17.6 Å². The minimum Gasteiger partial charge on any atom is -0.273 e. The number of hydrazine groups is 1. The molecule has 1 aliphatic carbocycles. The first-order valence-electron chi connectivity index (χ1n) is 7.16. The van der Waals surface area contributed by atoms with E-state index < -0.39 is 0 Å². The minimum atomic E-state index is -0.214. The molecule has 2 rings (SSSR count). The zero-order valence-corrected chi connectivity index (χ0v) is 13.1. The van der Waals surface area contributed by atoms with Gasteiger partial charge in [-0.1, -0.05) is 20.8 Å². The lowest BCUT2D eigenvalue weighted by molar-refractivity contribution is -0.122. The van der Waals surface area contributed by atoms with E-state index >= 15 is 0 Å². The van der Waals surface area contributed by atoms with E-state index in [4.69, 9.17) is 0 Å². The molecule has 0 saturated carbocycles. The lowest BCUT2D eigenvalue weighted by atomic mass is 9.90. The van der Waals surface area contributed by atoms with Gasteiger partial charge in [0.25, 0.3) is 5.91 Å². The standard InChI is InChI=1S/C15H22N2O2S/c1-9(2)6-14(18)16-17-15(19)13-8-11-7-10(3)4-5-12(11)20-13/h8-10H,4-7H2,1-3H3,(H,16,18)(H,17,19)/t10-/m1/s1. The van der Waals surface area contributed by atoms with E-state index in [1.165, 1.54) is 16.9 Å². The molecule has 0 saturated heterocycles. The number of thiophene rings is 1. The Balaban J connectivity index is 1.92. The predicted octanol–water partition coefficient (Wildman–Crippen LogP) is 2.68. The van der Waals surface area contributed by atoms with Crippen molar-refractivity contribution in [1.82, 2.24) is 10.9 Å². The summed E-state index contributed by atoms with van der Waals surface area (Å²) in [6, 6.07) is 1.97. The molecule has 2 amide bonds. The van der Waals surface area contributed by atoms with Gasteiger partial charge in [-0.2, -0.15) is 0 Å². The molecule has 20 heavy (non-hydrogen) atoms. The molecule has 0 bridgehead atoms. The van der Waals surface area contributed by atoms with Crippen molar-refractivity contribution in [2.45, 2.75) is 46.5 Å². The number of fused-ring (bicyclic) bond motifs is 1. The summed E-state index contributed by atoms with van der Waals surface area (Å²) in [7, 11) is 0. The van der Waals surface area contributed by atoms with E-state index in [9.17, 15) is 9.59 Å². The zero-order chi connectivity index (χ0) is 14.7. The van der Waals surface area contributed by atoms with Crippen molar-refractivity contribution in [3.05, 3.63) is 21.4 Å². The highest BCUT2D eigenvalue weighted by atomic mass is 32.1. The second-order valence-corrected chi connectivity index (χ2v) is 7.14. The van der Waals surface area contributed by atoms with Gasteiger partial charge in [0.05, 0.1) is 4.88 Å². The smallest absolute Gasteiger partial charge is 0.273 e. The first-order valence-corrected chi connectivity index (χ1v) is 7.98. The van der Waals surface area contributed by atoms with Gasteiger partial charge in [0.1, 0.15) is 0 Å². The van der Waals surface area contributed by atoms with Crippen molar-refractivity contribution < 1.29 is 9.59 Å². The van der Waals surface area contributed by atoms with Crippen molar-refractivity contribution in [3.8, 4) is 0 Å². The van der Waals surface area contributed by atoms with Gasteiger partial charge < -0.3 is 0 Å². The average molecular weight is 294 g/mol. The highest BCUT2D eigenvalue weighted by molar-refractivity contribution is 7.14. The first-order chi connectivity index (χ1) is 9.45. The van der Waals surface area contributed by atoms with E-state index in [-0.39, 0.29) is 17.7 Å². The monoisotopic (exact) mass is 294 g/mol. The van der Waals surface area contributed by atoms with Crippen LogP contribution in [0.1, 0.15) is 53.7 Å². The first kappa shape index (κ1) is 15.0. The number of nitrogens with one attached hydrogen (secondary N) is 2. The Morgan fingerprint density at radius 2 is 2.15 bits per heavy atom. The van der Waals surface area contributed by atoms with Crippen molar-refractivity contribution in [2.75, 3.05) is 0 Å². The zero-order valence-electron chi connectivity index (χ0n) is 12.3. The molecule has 0 spiro atoms. The normalized spacial score (nSPS) is 17.7. The molecule has 1 heterocycles. The highest BCUT2D eigenvalue weighted by Gasteiger charge is 2.20. The second kappa shape index (κ2) is 6.39. The second-order valence-electron chi connectivity index (χ2n) is 6.01. The molecule has 1 atom stereocenters. The van der Waals surface area contributed by atoms with Crippen LogP contribution in [0.4, 0.5) is 0 Å². The van der Waals surface area contributed by atoms with Crippen molar-refractivity contribution in [2.24, 2.45) is 11.8 Å². The molecular formula is C15H22N2O2S. The maximum atomic E-state index is 12.0. The fourth-order valence-corrected chi connectivity index (χ4v) is 3.53. The largest absolute Gasteiger partial charge is 0.279 e. The van der Waals surface area contributed by atoms with Gasteiger partial charge in [-0.05, 0) is 42.7 Å². The maximum absolute atomic E-state index is 12.0. The molecule has 1 aromatic heterocycles. The molecule has 2 N–H and O–H groups in total. The van der Waals surface area contributed by atoms with Gasteiger partial charge in [-0.15, -0.1) is 11.3 Å². The molecule has 0 unspecified atom stereocenters. The van der Waals surface area contributed by atoms with Gasteiger partial charge in [-0.25, -0.2) is 0 Å². The van der Waals surface area contributed by atoms with Crippen LogP contribution < -0.4 is 10.9 Å². The molecule has 1 aliphatic rings. The summed E-state index contributed by atoms with van der Waals surface area (Å²) in [5, 5.41) is 0. The Morgan fingerprint density at radius 3 is 2.85 bits per heavy atom. The van der Waals surface area contributed by atoms with E-state index in [1.807, 2.05) is 19.9 Å². The highest BCUT2D eigenvalue weighted by Crippen LogP contribution is 2.32. The van der Waals surface area contributed by atoms with E-state index in [0.29, 0.717) is 17.2 Å². The molecule has 1 aromatic rings. The van der Waals surface area contributed by atoms with Gasteiger partial charge >= 0.3 is 0 Å². The molecule has 0 radical (unpaired) electrons. The number of amides is 2. The molecule has 4 nitrogen and oxygen atoms in total. The lowest BCUT2D eigenvalue weighted by Crippen LogP contribution is -2.41. The van der Waals surface area contributed by atoms with Crippen molar-refractivity contribution in [1.29, 1.82) is 0 Å². The van der Waals surface area contributed by atoms with Crippen LogP contribution in [0.2, 0.25) is 0 Å². The van der Waals surface area contributed by atoms with Crippen molar-refractivity contribution >= 4 is 23.2 Å². The van der Waals surface area contributed by atoms with Gasteiger partial charge in [0.15, 0.2) is 0 Å². The van der Waals surface area contributed by atoms with Gasteiger partial charge in [-0.3, -0.25) is 20.4 Å². The number of carbonyl (C=O) groups excluding carboxylic acids is 2. The van der Waals surface area contributed by atoms with Crippen LogP contribution in [0.3, 0.4) is 0 Å². The Bertz CT molecular complexity index is 508. The quantitative estimate of drug-likeness (QED) is 0.842. The summed E-state index contributed by atoms with van der Waals surface area (Å²) in [5.74, 6) is 0.610. The van der Waals surface area contributed by atoms with Crippen LogP contribution in [0, 0.1) is 11.8 Å². The van der Waals surface area contributed by atoms with E-state index in [2.05, 4.69) is 17.8 Å². The summed E-state index contributed by atoms with van der Waals surface area (Å²) in [4.78, 5) is 25.5. The summed E-state index contributed by atoms with van der Waals surface area (Å²) in [6.07, 6.45) is 3.73. The molecule has 5 heteroatoms. The third-order valence-electron chi connectivity index (χ3n) is 3.46. The topological polar surface area (TPSA) is 58.2 Å². The summed E-state index contributed by atoms with van der Waals surface area (Å²) < 4.78 is 0. The minimum absolute atomic E-state index is 0.150. The molecule has 110 valence electrons. The van der Waals surface area contributed by atoms with Crippen LogP contribution in [0.25, 0.3) is 0 Å². The average Bonchev–Trinajstić information content (AvgIpc) is 2.78. The number of carbonyl (C=O) groups is 2. The predicted molar refractivity (Wildman–Crippen MR) is 80.6 cm³/mol. The Morgan fingerprint density at radius 1 is 1.40 bits per heavy atom.